The molecule has 3 saturated heterocycles. The van der Waals surface area contributed by atoms with Gasteiger partial charge in [0.05, 0.1) is 0 Å². The Hall–Kier alpha value is -0.120. The Morgan fingerprint density at radius 1 is 1.18 bits per heavy atom. The van der Waals surface area contributed by atoms with Gasteiger partial charge in [-0.25, -0.2) is 0 Å². The Morgan fingerprint density at radius 2 is 2.06 bits per heavy atom. The molecular formula is C14H27N3. The van der Waals surface area contributed by atoms with Crippen molar-refractivity contribution >= 4 is 0 Å². The van der Waals surface area contributed by atoms with Gasteiger partial charge < -0.3 is 10.6 Å². The van der Waals surface area contributed by atoms with Crippen molar-refractivity contribution in [3.63, 3.8) is 0 Å². The number of rotatable bonds is 2. The van der Waals surface area contributed by atoms with E-state index in [9.17, 15) is 0 Å². The first-order valence-corrected chi connectivity index (χ1v) is 7.45. The fourth-order valence-electron chi connectivity index (χ4n) is 4.55. The van der Waals surface area contributed by atoms with Gasteiger partial charge in [0.25, 0.3) is 0 Å². The Bertz CT molecular complexity index is 281. The molecule has 98 valence electrons. The quantitative estimate of drug-likeness (QED) is 0.785. The summed E-state index contributed by atoms with van der Waals surface area (Å²) in [7, 11) is 0. The van der Waals surface area contributed by atoms with Crippen LogP contribution >= 0.6 is 0 Å². The fourth-order valence-corrected chi connectivity index (χ4v) is 4.55. The van der Waals surface area contributed by atoms with E-state index in [1.807, 2.05) is 0 Å². The summed E-state index contributed by atoms with van der Waals surface area (Å²) < 4.78 is 0. The SMILES string of the molecule is CC1CCCCN1C1(CN)CCN2CCC1C2. The fraction of sp³-hybridized carbons (Fsp3) is 1.00. The van der Waals surface area contributed by atoms with E-state index in [4.69, 9.17) is 5.73 Å². The molecule has 17 heavy (non-hydrogen) atoms. The average molecular weight is 237 g/mol. The molecule has 3 heteroatoms. The van der Waals surface area contributed by atoms with E-state index in [0.717, 1.165) is 18.5 Å². The van der Waals surface area contributed by atoms with Crippen LogP contribution in [0.5, 0.6) is 0 Å². The summed E-state index contributed by atoms with van der Waals surface area (Å²) in [5, 5.41) is 0. The molecular weight excluding hydrogens is 210 g/mol. The maximum atomic E-state index is 6.26. The van der Waals surface area contributed by atoms with Gasteiger partial charge in [-0.2, -0.15) is 0 Å². The number of nitrogens with two attached hydrogens (primary N) is 1. The first-order valence-electron chi connectivity index (χ1n) is 7.45. The van der Waals surface area contributed by atoms with Crippen LogP contribution in [-0.4, -0.2) is 54.1 Å². The highest BCUT2D eigenvalue weighted by atomic mass is 15.3. The van der Waals surface area contributed by atoms with E-state index in [1.165, 1.54) is 58.3 Å². The molecule has 4 unspecified atom stereocenters. The van der Waals surface area contributed by atoms with Crippen molar-refractivity contribution in [1.29, 1.82) is 0 Å². The maximum absolute atomic E-state index is 6.26. The Labute approximate surface area is 105 Å². The van der Waals surface area contributed by atoms with Gasteiger partial charge in [-0.1, -0.05) is 6.42 Å². The summed E-state index contributed by atoms with van der Waals surface area (Å²) >= 11 is 0. The third-order valence-corrected chi connectivity index (χ3v) is 5.62. The molecule has 2 bridgehead atoms. The number of hydrogen-bond acceptors (Lipinski definition) is 3. The van der Waals surface area contributed by atoms with E-state index in [0.29, 0.717) is 5.54 Å². The minimum absolute atomic E-state index is 0.340. The summed E-state index contributed by atoms with van der Waals surface area (Å²) in [4.78, 5) is 5.43. The third-order valence-electron chi connectivity index (χ3n) is 5.62. The number of likely N-dealkylation sites (tertiary alicyclic amines) is 1. The zero-order chi connectivity index (χ0) is 11.9. The van der Waals surface area contributed by atoms with Crippen LogP contribution in [0, 0.1) is 5.92 Å². The molecule has 3 nitrogen and oxygen atoms in total. The van der Waals surface area contributed by atoms with Gasteiger partial charge in [0, 0.05) is 24.7 Å². The lowest BCUT2D eigenvalue weighted by Crippen LogP contribution is -2.65. The smallest absolute Gasteiger partial charge is 0.0387 e. The zero-order valence-corrected chi connectivity index (χ0v) is 11.2. The normalized spacial score (nSPS) is 47.3. The lowest BCUT2D eigenvalue weighted by molar-refractivity contribution is -0.0328. The summed E-state index contributed by atoms with van der Waals surface area (Å²) in [5.41, 5.74) is 6.60. The standard InChI is InChI=1S/C14H27N3/c1-12-4-2-3-7-17(12)14(11-15)6-9-16-8-5-13(14)10-16/h12-13H,2-11,15H2,1H3. The van der Waals surface area contributed by atoms with Gasteiger partial charge in [0.1, 0.15) is 0 Å². The van der Waals surface area contributed by atoms with Gasteiger partial charge in [-0.05, 0) is 58.2 Å². The van der Waals surface area contributed by atoms with E-state index < -0.39 is 0 Å². The monoisotopic (exact) mass is 237 g/mol. The predicted octanol–water partition coefficient (Wildman–Crippen LogP) is 1.28. The minimum Gasteiger partial charge on any atom is -0.329 e. The summed E-state index contributed by atoms with van der Waals surface area (Å²) in [6, 6.07) is 0.749. The first-order chi connectivity index (χ1) is 8.26. The molecule has 3 rings (SSSR count). The van der Waals surface area contributed by atoms with E-state index >= 15 is 0 Å². The lowest BCUT2D eigenvalue weighted by Gasteiger charge is -2.54. The lowest BCUT2D eigenvalue weighted by atomic mass is 9.75. The van der Waals surface area contributed by atoms with Crippen LogP contribution in [0.15, 0.2) is 0 Å². The first kappa shape index (κ1) is 11.9. The molecule has 0 aromatic rings. The van der Waals surface area contributed by atoms with E-state index in [2.05, 4.69) is 16.7 Å². The Kier molecular flexibility index (Phi) is 3.18. The molecule has 0 aliphatic carbocycles. The number of nitrogens with zero attached hydrogens (tertiary/aromatic N) is 2. The molecule has 0 amide bonds. The summed E-state index contributed by atoms with van der Waals surface area (Å²) in [6.45, 7) is 8.47. The molecule has 3 fully saturated rings. The number of piperidine rings is 2. The average Bonchev–Trinajstić information content (AvgIpc) is 2.76. The van der Waals surface area contributed by atoms with Crippen molar-refractivity contribution in [2.45, 2.75) is 50.6 Å². The second-order valence-corrected chi connectivity index (χ2v) is 6.38. The molecule has 2 N–H and O–H groups in total. The number of fused-ring (bicyclic) bond motifs is 2. The molecule has 3 heterocycles. The van der Waals surface area contributed by atoms with Crippen molar-refractivity contribution in [3.05, 3.63) is 0 Å². The highest BCUT2D eigenvalue weighted by molar-refractivity contribution is 5.06. The van der Waals surface area contributed by atoms with Gasteiger partial charge in [-0.15, -0.1) is 0 Å². The van der Waals surface area contributed by atoms with E-state index in [-0.39, 0.29) is 0 Å². The highest BCUT2D eigenvalue weighted by Gasteiger charge is 2.50. The van der Waals surface area contributed by atoms with Gasteiger partial charge >= 0.3 is 0 Å². The predicted molar refractivity (Wildman–Crippen MR) is 71.0 cm³/mol. The highest BCUT2D eigenvalue weighted by Crippen LogP contribution is 2.41. The molecule has 0 spiro atoms. The van der Waals surface area contributed by atoms with Crippen molar-refractivity contribution < 1.29 is 0 Å². The van der Waals surface area contributed by atoms with Crippen LogP contribution in [0.4, 0.5) is 0 Å². The van der Waals surface area contributed by atoms with Gasteiger partial charge in [0.15, 0.2) is 0 Å². The zero-order valence-electron chi connectivity index (χ0n) is 11.2. The third kappa shape index (κ3) is 1.83. The van der Waals surface area contributed by atoms with Crippen LogP contribution in [-0.2, 0) is 0 Å². The molecule has 0 aromatic carbocycles. The summed E-state index contributed by atoms with van der Waals surface area (Å²) in [5.74, 6) is 0.835. The van der Waals surface area contributed by atoms with Crippen LogP contribution in [0.3, 0.4) is 0 Å². The van der Waals surface area contributed by atoms with Crippen molar-refractivity contribution in [3.8, 4) is 0 Å². The van der Waals surface area contributed by atoms with Gasteiger partial charge in [-0.3, -0.25) is 4.90 Å². The van der Waals surface area contributed by atoms with Crippen molar-refractivity contribution in [2.75, 3.05) is 32.7 Å². The second-order valence-electron chi connectivity index (χ2n) is 6.38. The largest absolute Gasteiger partial charge is 0.329 e. The van der Waals surface area contributed by atoms with Crippen LogP contribution in [0.1, 0.15) is 39.0 Å². The molecule has 0 aromatic heterocycles. The molecule has 0 saturated carbocycles. The van der Waals surface area contributed by atoms with Crippen molar-refractivity contribution in [2.24, 2.45) is 11.7 Å². The van der Waals surface area contributed by atoms with Crippen LogP contribution in [0.2, 0.25) is 0 Å². The van der Waals surface area contributed by atoms with Gasteiger partial charge in [0.2, 0.25) is 0 Å². The van der Waals surface area contributed by atoms with Crippen LogP contribution < -0.4 is 5.73 Å². The Morgan fingerprint density at radius 3 is 2.82 bits per heavy atom. The Balaban J connectivity index is 1.84. The maximum Gasteiger partial charge on any atom is 0.0387 e. The second kappa shape index (κ2) is 4.52. The molecule has 4 atom stereocenters. The topological polar surface area (TPSA) is 32.5 Å². The van der Waals surface area contributed by atoms with E-state index in [1.54, 1.807) is 0 Å². The molecule has 3 aliphatic rings. The minimum atomic E-state index is 0.340. The van der Waals surface area contributed by atoms with Crippen LogP contribution in [0.25, 0.3) is 0 Å². The summed E-state index contributed by atoms with van der Waals surface area (Å²) in [6.07, 6.45) is 6.84. The molecule has 3 aliphatic heterocycles. The van der Waals surface area contributed by atoms with Crippen molar-refractivity contribution in [1.82, 2.24) is 9.80 Å². The molecule has 0 radical (unpaired) electrons. The number of hydrogen-bond donors (Lipinski definition) is 1.